The summed E-state index contributed by atoms with van der Waals surface area (Å²) in [6.07, 6.45) is -3.27. The van der Waals surface area contributed by atoms with E-state index in [1.54, 1.807) is 0 Å². The summed E-state index contributed by atoms with van der Waals surface area (Å²) < 4.78 is 51.8. The van der Waals surface area contributed by atoms with E-state index in [0.29, 0.717) is 16.0 Å². The average molecular weight is 428 g/mol. The maximum atomic E-state index is 13.8. The maximum absolute atomic E-state index is 13.8. The van der Waals surface area contributed by atoms with E-state index in [-0.39, 0.29) is 30.1 Å². The number of carbonyl (C=O) groups is 1. The van der Waals surface area contributed by atoms with Crippen molar-refractivity contribution in [2.24, 2.45) is 5.73 Å². The van der Waals surface area contributed by atoms with Gasteiger partial charge in [0, 0.05) is 28.9 Å². The van der Waals surface area contributed by atoms with Crippen molar-refractivity contribution in [3.8, 4) is 11.3 Å². The second kappa shape index (κ2) is 8.31. The van der Waals surface area contributed by atoms with Crippen LogP contribution >= 0.6 is 11.3 Å². The van der Waals surface area contributed by atoms with Crippen molar-refractivity contribution in [2.45, 2.75) is 18.8 Å². The molecule has 5 N–H and O–H groups in total. The van der Waals surface area contributed by atoms with Gasteiger partial charge in [0.2, 0.25) is 0 Å². The summed E-state index contributed by atoms with van der Waals surface area (Å²) in [5.41, 5.74) is 4.93. The average Bonchev–Trinajstić information content (AvgIpc) is 3.34. The van der Waals surface area contributed by atoms with E-state index in [9.17, 15) is 22.4 Å². The zero-order valence-electron chi connectivity index (χ0n) is 14.8. The fourth-order valence-corrected chi connectivity index (χ4v) is 3.49. The number of thiazole rings is 1. The Morgan fingerprint density at radius 1 is 1.31 bits per heavy atom. The molecule has 0 radical (unpaired) electrons. The molecule has 2 heterocycles. The Balaban J connectivity index is 1.77. The first-order valence-corrected chi connectivity index (χ1v) is 9.17. The molecule has 0 spiro atoms. The lowest BCUT2D eigenvalue weighted by molar-refractivity contribution is -0.139. The number of carbonyl (C=O) groups excluding carboxylic acids is 1. The van der Waals surface area contributed by atoms with Gasteiger partial charge in [-0.1, -0.05) is 6.07 Å². The Hall–Kier alpha value is -2.76. The zero-order valence-corrected chi connectivity index (χ0v) is 15.6. The van der Waals surface area contributed by atoms with Crippen molar-refractivity contribution < 1.29 is 27.5 Å². The number of amides is 1. The lowest BCUT2D eigenvalue weighted by Crippen LogP contribution is -2.33. The van der Waals surface area contributed by atoms with Crippen molar-refractivity contribution in [1.29, 1.82) is 0 Å². The van der Waals surface area contributed by atoms with E-state index >= 15 is 0 Å². The van der Waals surface area contributed by atoms with E-state index in [0.717, 1.165) is 12.1 Å². The van der Waals surface area contributed by atoms with E-state index < -0.39 is 29.5 Å². The highest BCUT2D eigenvalue weighted by Gasteiger charge is 2.34. The molecule has 3 rings (SSSR count). The first kappa shape index (κ1) is 21.0. The van der Waals surface area contributed by atoms with Crippen LogP contribution in [0.2, 0.25) is 0 Å². The van der Waals surface area contributed by atoms with Gasteiger partial charge in [-0.05, 0) is 24.3 Å². The third-order valence-electron chi connectivity index (χ3n) is 4.11. The fraction of sp³-hybridized carbons (Fsp3) is 0.222. The van der Waals surface area contributed by atoms with Crippen LogP contribution < -0.4 is 11.1 Å². The molecule has 29 heavy (non-hydrogen) atoms. The number of nitrogens with zero attached hydrogens (tertiary/aromatic N) is 1. The Bertz CT molecular complexity index is 1020. The van der Waals surface area contributed by atoms with Gasteiger partial charge in [0.1, 0.15) is 16.5 Å². The molecule has 1 atom stereocenters. The minimum absolute atomic E-state index is 0.0937. The van der Waals surface area contributed by atoms with Gasteiger partial charge in [0.25, 0.3) is 5.91 Å². The number of aliphatic hydroxyl groups excluding tert-OH is 1. The lowest BCUT2D eigenvalue weighted by Gasteiger charge is -2.14. The zero-order chi connectivity index (χ0) is 21.2. The number of hydrogen-bond acceptors (Lipinski definition) is 5. The summed E-state index contributed by atoms with van der Waals surface area (Å²) in [6.45, 7) is -0.129. The summed E-state index contributed by atoms with van der Waals surface area (Å²) in [4.78, 5) is 19.9. The lowest BCUT2D eigenvalue weighted by atomic mass is 10.1. The van der Waals surface area contributed by atoms with Crippen LogP contribution in [0.15, 0.2) is 36.5 Å². The molecule has 11 heteroatoms. The molecule has 0 aliphatic heterocycles. The van der Waals surface area contributed by atoms with E-state index in [1.165, 1.54) is 29.7 Å². The highest BCUT2D eigenvalue weighted by atomic mass is 32.1. The molecule has 1 amide bonds. The van der Waals surface area contributed by atoms with Crippen molar-refractivity contribution >= 4 is 17.2 Å². The number of nitrogens with two attached hydrogens (primary N) is 1. The molecule has 2 aromatic heterocycles. The van der Waals surface area contributed by atoms with Crippen LogP contribution in [0.1, 0.15) is 32.0 Å². The Morgan fingerprint density at radius 3 is 2.66 bits per heavy atom. The smallest absolute Gasteiger partial charge is 0.389 e. The molecular weight excluding hydrogens is 412 g/mol. The highest BCUT2D eigenvalue weighted by molar-refractivity contribution is 7.11. The van der Waals surface area contributed by atoms with Crippen LogP contribution in [0.4, 0.5) is 17.6 Å². The summed E-state index contributed by atoms with van der Waals surface area (Å²) >= 11 is 1.21. The van der Waals surface area contributed by atoms with Crippen LogP contribution in [0.5, 0.6) is 0 Å². The number of H-pyrrole nitrogens is 1. The van der Waals surface area contributed by atoms with Gasteiger partial charge in [0.15, 0.2) is 0 Å². The number of hydrogen-bond donors (Lipinski definition) is 4. The van der Waals surface area contributed by atoms with E-state index in [2.05, 4.69) is 15.3 Å². The molecule has 0 fully saturated rings. The minimum Gasteiger partial charge on any atom is -0.389 e. The quantitative estimate of drug-likeness (QED) is 0.453. The molecule has 1 aromatic carbocycles. The number of halogens is 4. The summed E-state index contributed by atoms with van der Waals surface area (Å²) in [6, 6.07) is 4.89. The third kappa shape index (κ3) is 4.63. The fourth-order valence-electron chi connectivity index (χ4n) is 2.65. The van der Waals surface area contributed by atoms with Crippen LogP contribution in [-0.4, -0.2) is 27.5 Å². The summed E-state index contributed by atoms with van der Waals surface area (Å²) in [5, 5.41) is 12.3. The van der Waals surface area contributed by atoms with Gasteiger partial charge in [0.05, 0.1) is 18.2 Å². The minimum atomic E-state index is -4.78. The summed E-state index contributed by atoms with van der Waals surface area (Å²) in [5.74, 6) is -1.90. The van der Waals surface area contributed by atoms with Gasteiger partial charge in [-0.25, -0.2) is 9.37 Å². The van der Waals surface area contributed by atoms with E-state index in [4.69, 9.17) is 10.8 Å². The third-order valence-corrected chi connectivity index (χ3v) is 5.20. The predicted molar refractivity (Wildman–Crippen MR) is 98.5 cm³/mol. The number of alkyl halides is 3. The van der Waals surface area contributed by atoms with Crippen molar-refractivity contribution in [1.82, 2.24) is 15.3 Å². The van der Waals surface area contributed by atoms with Crippen molar-refractivity contribution in [2.75, 3.05) is 6.54 Å². The van der Waals surface area contributed by atoms with Crippen molar-refractivity contribution in [3.63, 3.8) is 0 Å². The van der Waals surface area contributed by atoms with E-state index in [1.807, 2.05) is 0 Å². The molecule has 0 saturated carbocycles. The SMILES string of the molecule is NC[C@@H](NC(=O)c1ccc(-c2ccc(C(F)(F)F)c(F)c2)[nH]1)c1cnc(CO)s1. The number of aromatic amines is 1. The van der Waals surface area contributed by atoms with Crippen LogP contribution in [0.25, 0.3) is 11.3 Å². The Kier molecular flexibility index (Phi) is 6.01. The molecule has 0 unspecified atom stereocenters. The standard InChI is InChI=1S/C18H16F4N4O2S/c19-11-5-9(1-2-10(11)18(20,21)22)12-3-4-13(25-12)17(28)26-14(6-23)15-7-24-16(8-27)29-15/h1-5,7,14,25,27H,6,8,23H2,(H,26,28)/t14-/m1/s1. The van der Waals surface area contributed by atoms with Gasteiger partial charge < -0.3 is 21.1 Å². The number of nitrogens with one attached hydrogen (secondary N) is 2. The first-order valence-electron chi connectivity index (χ1n) is 8.35. The second-order valence-electron chi connectivity index (χ2n) is 6.05. The van der Waals surface area contributed by atoms with Gasteiger partial charge >= 0.3 is 6.18 Å². The molecule has 3 aromatic rings. The second-order valence-corrected chi connectivity index (χ2v) is 7.20. The van der Waals surface area contributed by atoms with Crippen LogP contribution in [0, 0.1) is 5.82 Å². The van der Waals surface area contributed by atoms with Gasteiger partial charge in [-0.3, -0.25) is 4.79 Å². The molecular formula is C18H16F4N4O2S. The summed E-state index contributed by atoms with van der Waals surface area (Å²) in [7, 11) is 0. The van der Waals surface area contributed by atoms with Gasteiger partial charge in [-0.2, -0.15) is 13.2 Å². The molecule has 0 aliphatic rings. The number of rotatable bonds is 6. The molecule has 154 valence electrons. The molecule has 6 nitrogen and oxygen atoms in total. The Morgan fingerprint density at radius 2 is 2.07 bits per heavy atom. The largest absolute Gasteiger partial charge is 0.419 e. The molecule has 0 saturated heterocycles. The first-order chi connectivity index (χ1) is 13.7. The monoisotopic (exact) mass is 428 g/mol. The Labute approximate surface area is 166 Å². The maximum Gasteiger partial charge on any atom is 0.419 e. The van der Waals surface area contributed by atoms with Crippen molar-refractivity contribution in [3.05, 3.63) is 63.5 Å². The number of benzene rings is 1. The van der Waals surface area contributed by atoms with Gasteiger partial charge in [-0.15, -0.1) is 11.3 Å². The molecule has 0 aliphatic carbocycles. The number of aromatic nitrogens is 2. The predicted octanol–water partition coefficient (Wildman–Crippen LogP) is 3.22. The van der Waals surface area contributed by atoms with Crippen LogP contribution in [0.3, 0.4) is 0 Å². The molecule has 0 bridgehead atoms. The normalized spacial score (nSPS) is 12.8. The topological polar surface area (TPSA) is 104 Å². The highest BCUT2D eigenvalue weighted by Crippen LogP contribution is 2.33. The van der Waals surface area contributed by atoms with Crippen LogP contribution in [-0.2, 0) is 12.8 Å². The number of aliphatic hydroxyl groups is 1.